The topological polar surface area (TPSA) is 81.1 Å². The zero-order valence-corrected chi connectivity index (χ0v) is 15.0. The molecule has 6 nitrogen and oxygen atoms in total. The average Bonchev–Trinajstić information content (AvgIpc) is 2.41. The highest BCUT2D eigenvalue weighted by Gasteiger charge is 2.37. The molecule has 2 atom stereocenters. The highest BCUT2D eigenvalue weighted by Crippen LogP contribution is 2.20. The maximum Gasteiger partial charge on any atom is 0.225 e. The van der Waals surface area contributed by atoms with Gasteiger partial charge in [0.1, 0.15) is 0 Å². The second kappa shape index (κ2) is 8.64. The number of rotatable bonds is 8. The van der Waals surface area contributed by atoms with Crippen molar-refractivity contribution in [2.75, 3.05) is 19.6 Å². The third-order valence-electron chi connectivity index (χ3n) is 4.62. The zero-order chi connectivity index (χ0) is 17.7. The summed E-state index contributed by atoms with van der Waals surface area (Å²) in [6.07, 6.45) is -0.986. The molecule has 6 heteroatoms. The Balaban J connectivity index is 2.46. The van der Waals surface area contributed by atoms with Crippen LogP contribution in [0.3, 0.4) is 0 Å². The summed E-state index contributed by atoms with van der Waals surface area (Å²) in [5, 5.41) is 19.7. The number of hydrogen-bond acceptors (Lipinski definition) is 4. The van der Waals surface area contributed by atoms with E-state index in [-0.39, 0.29) is 42.5 Å². The lowest BCUT2D eigenvalue weighted by molar-refractivity contribution is -0.149. The van der Waals surface area contributed by atoms with Crippen LogP contribution in [-0.4, -0.2) is 69.7 Å². The van der Waals surface area contributed by atoms with Gasteiger partial charge in [0.05, 0.1) is 31.1 Å². The van der Waals surface area contributed by atoms with Crippen molar-refractivity contribution in [3.05, 3.63) is 0 Å². The minimum absolute atomic E-state index is 0.0204. The summed E-state index contributed by atoms with van der Waals surface area (Å²) in [5.74, 6) is -0.0157. The van der Waals surface area contributed by atoms with E-state index in [1.165, 1.54) is 0 Å². The highest BCUT2D eigenvalue weighted by molar-refractivity contribution is 5.80. The van der Waals surface area contributed by atoms with Crippen LogP contribution in [0.15, 0.2) is 0 Å². The van der Waals surface area contributed by atoms with Crippen molar-refractivity contribution >= 4 is 11.8 Å². The molecular formula is C17H32N2O4. The largest absolute Gasteiger partial charge is 0.392 e. The molecule has 1 aliphatic rings. The van der Waals surface area contributed by atoms with E-state index in [1.54, 1.807) is 9.80 Å². The Hall–Kier alpha value is -1.14. The van der Waals surface area contributed by atoms with E-state index in [0.29, 0.717) is 19.6 Å². The molecule has 1 saturated heterocycles. The molecule has 0 aliphatic carbocycles. The molecule has 1 rings (SSSR count). The summed E-state index contributed by atoms with van der Waals surface area (Å²) in [6, 6.07) is 0.0204. The molecule has 0 radical (unpaired) electrons. The van der Waals surface area contributed by atoms with Crippen LogP contribution in [0.5, 0.6) is 0 Å². The van der Waals surface area contributed by atoms with Crippen LogP contribution in [0.2, 0.25) is 0 Å². The van der Waals surface area contributed by atoms with Gasteiger partial charge in [-0.3, -0.25) is 9.59 Å². The lowest BCUT2D eigenvalue weighted by Crippen LogP contribution is -2.62. The third kappa shape index (κ3) is 5.46. The van der Waals surface area contributed by atoms with Crippen molar-refractivity contribution in [2.24, 2.45) is 11.8 Å². The van der Waals surface area contributed by atoms with Gasteiger partial charge < -0.3 is 20.0 Å². The van der Waals surface area contributed by atoms with E-state index in [9.17, 15) is 19.8 Å². The molecule has 0 spiro atoms. The summed E-state index contributed by atoms with van der Waals surface area (Å²) in [7, 11) is 0. The van der Waals surface area contributed by atoms with Crippen LogP contribution in [0.25, 0.3) is 0 Å². The molecule has 0 aromatic rings. The van der Waals surface area contributed by atoms with Crippen molar-refractivity contribution < 1.29 is 19.8 Å². The van der Waals surface area contributed by atoms with Crippen molar-refractivity contribution in [3.63, 3.8) is 0 Å². The van der Waals surface area contributed by atoms with E-state index < -0.39 is 12.2 Å². The molecule has 2 unspecified atom stereocenters. The molecule has 0 aromatic carbocycles. The first kappa shape index (κ1) is 19.9. The van der Waals surface area contributed by atoms with Gasteiger partial charge in [0.2, 0.25) is 11.8 Å². The molecule has 0 bridgehead atoms. The van der Waals surface area contributed by atoms with E-state index in [1.807, 2.05) is 34.6 Å². The van der Waals surface area contributed by atoms with Gasteiger partial charge in [-0.05, 0) is 18.8 Å². The predicted molar refractivity (Wildman–Crippen MR) is 88.7 cm³/mol. The number of aliphatic hydroxyl groups excluding tert-OH is 2. The van der Waals surface area contributed by atoms with Crippen LogP contribution >= 0.6 is 0 Å². The molecule has 0 aromatic heterocycles. The van der Waals surface area contributed by atoms with Gasteiger partial charge in [-0.1, -0.05) is 27.7 Å². The number of carbonyl (C=O) groups excluding carboxylic acids is 2. The molecule has 1 aliphatic heterocycles. The van der Waals surface area contributed by atoms with Crippen molar-refractivity contribution in [3.8, 4) is 0 Å². The number of carbonyl (C=O) groups is 2. The molecular weight excluding hydrogens is 296 g/mol. The van der Waals surface area contributed by atoms with Gasteiger partial charge >= 0.3 is 0 Å². The zero-order valence-electron chi connectivity index (χ0n) is 15.0. The quantitative estimate of drug-likeness (QED) is 0.692. The fourth-order valence-electron chi connectivity index (χ4n) is 2.57. The molecule has 1 heterocycles. The van der Waals surface area contributed by atoms with Crippen LogP contribution < -0.4 is 0 Å². The Morgan fingerprint density at radius 1 is 1.04 bits per heavy atom. The van der Waals surface area contributed by atoms with Gasteiger partial charge in [-0.2, -0.15) is 0 Å². The number of likely N-dealkylation sites (N-methyl/N-ethyl adjacent to an activating group) is 1. The van der Waals surface area contributed by atoms with Gasteiger partial charge in [-0.15, -0.1) is 0 Å². The highest BCUT2D eigenvalue weighted by atomic mass is 16.3. The lowest BCUT2D eigenvalue weighted by Gasteiger charge is -2.45. The van der Waals surface area contributed by atoms with E-state index in [2.05, 4.69) is 0 Å². The van der Waals surface area contributed by atoms with Crippen molar-refractivity contribution in [1.29, 1.82) is 0 Å². The first-order chi connectivity index (χ1) is 10.7. The van der Waals surface area contributed by atoms with E-state index in [0.717, 1.165) is 0 Å². The van der Waals surface area contributed by atoms with Crippen molar-refractivity contribution in [1.82, 2.24) is 9.80 Å². The first-order valence-electron chi connectivity index (χ1n) is 8.60. The summed E-state index contributed by atoms with van der Waals surface area (Å²) in [4.78, 5) is 27.8. The Bertz CT molecular complexity index is 405. The Morgan fingerprint density at radius 3 is 1.96 bits per heavy atom. The number of nitrogens with zero attached hydrogens (tertiary/aromatic N) is 2. The van der Waals surface area contributed by atoms with Crippen LogP contribution in [-0.2, 0) is 9.59 Å². The van der Waals surface area contributed by atoms with Gasteiger partial charge in [-0.25, -0.2) is 0 Å². The fraction of sp³-hybridized carbons (Fsp3) is 0.882. The van der Waals surface area contributed by atoms with Crippen LogP contribution in [0.1, 0.15) is 47.5 Å². The number of likely N-dealkylation sites (tertiary alicyclic amines) is 1. The first-order valence-corrected chi connectivity index (χ1v) is 8.60. The van der Waals surface area contributed by atoms with Gasteiger partial charge in [0, 0.05) is 19.6 Å². The molecule has 0 saturated carbocycles. The number of hydrogen-bond donors (Lipinski definition) is 2. The normalized spacial score (nSPS) is 18.0. The number of amides is 2. The van der Waals surface area contributed by atoms with Gasteiger partial charge in [0.25, 0.3) is 0 Å². The summed E-state index contributed by atoms with van der Waals surface area (Å²) in [6.45, 7) is 11.1. The lowest BCUT2D eigenvalue weighted by atomic mass is 9.99. The minimum Gasteiger partial charge on any atom is -0.392 e. The maximum atomic E-state index is 12.3. The molecule has 1 fully saturated rings. The standard InChI is InChI=1S/C17H32N2O4/c1-6-19(17(23)8-15(21)12(4)5)13-9-18(10-13)16(22)7-14(20)11(2)3/h11-15,20-21H,6-10H2,1-5H3. The fourth-order valence-corrected chi connectivity index (χ4v) is 2.57. The van der Waals surface area contributed by atoms with E-state index >= 15 is 0 Å². The van der Waals surface area contributed by atoms with Crippen LogP contribution in [0, 0.1) is 11.8 Å². The molecule has 2 amide bonds. The SMILES string of the molecule is CCN(C(=O)CC(O)C(C)C)C1CN(C(=O)CC(O)C(C)C)C1. The molecule has 23 heavy (non-hydrogen) atoms. The second-order valence-corrected chi connectivity index (χ2v) is 7.16. The van der Waals surface area contributed by atoms with Crippen molar-refractivity contribution in [2.45, 2.75) is 65.7 Å². The maximum absolute atomic E-state index is 12.3. The summed E-state index contributed by atoms with van der Waals surface area (Å²) < 4.78 is 0. The summed E-state index contributed by atoms with van der Waals surface area (Å²) >= 11 is 0. The summed E-state index contributed by atoms with van der Waals surface area (Å²) in [5.41, 5.74) is 0. The Kier molecular flexibility index (Phi) is 7.48. The number of aliphatic hydroxyl groups is 2. The monoisotopic (exact) mass is 328 g/mol. The minimum atomic E-state index is -0.629. The average molecular weight is 328 g/mol. The Morgan fingerprint density at radius 2 is 1.52 bits per heavy atom. The molecule has 2 N–H and O–H groups in total. The molecule has 134 valence electrons. The predicted octanol–water partition coefficient (Wildman–Crippen LogP) is 0.860. The van der Waals surface area contributed by atoms with Gasteiger partial charge in [0.15, 0.2) is 0 Å². The third-order valence-corrected chi connectivity index (χ3v) is 4.62. The Labute approximate surface area is 139 Å². The van der Waals surface area contributed by atoms with Crippen LogP contribution in [0.4, 0.5) is 0 Å². The second-order valence-electron chi connectivity index (χ2n) is 7.16. The smallest absolute Gasteiger partial charge is 0.225 e. The van der Waals surface area contributed by atoms with E-state index in [4.69, 9.17) is 0 Å².